The lowest BCUT2D eigenvalue weighted by molar-refractivity contribution is -0.385. The van der Waals surface area contributed by atoms with Crippen LogP contribution in [0.4, 0.5) is 5.69 Å². The smallest absolute Gasteiger partial charge is 0.345 e. The van der Waals surface area contributed by atoms with Crippen LogP contribution in [0, 0.1) is 33.3 Å². The van der Waals surface area contributed by atoms with Crippen LogP contribution in [0.1, 0.15) is 55.8 Å². The lowest BCUT2D eigenvalue weighted by atomic mass is 9.48. The first-order valence-electron chi connectivity index (χ1n) is 10.2. The summed E-state index contributed by atoms with van der Waals surface area (Å²) in [7, 11) is 0. The Labute approximate surface area is 174 Å². The van der Waals surface area contributed by atoms with E-state index in [-0.39, 0.29) is 28.0 Å². The Morgan fingerprint density at radius 3 is 2.38 bits per heavy atom. The van der Waals surface area contributed by atoms with Crippen LogP contribution in [0.15, 0.2) is 18.2 Å². The van der Waals surface area contributed by atoms with Gasteiger partial charge in [-0.2, -0.15) is 0 Å². The van der Waals surface area contributed by atoms with Crippen molar-refractivity contribution in [3.05, 3.63) is 38.9 Å². The van der Waals surface area contributed by atoms with Crippen molar-refractivity contribution in [1.29, 1.82) is 0 Å². The average Bonchev–Trinajstić information content (AvgIpc) is 2.64. The lowest BCUT2D eigenvalue weighted by Crippen LogP contribution is -2.56. The third kappa shape index (κ3) is 3.97. The molecular weight excluding hydrogens is 396 g/mol. The molecule has 0 heterocycles. The fourth-order valence-corrected chi connectivity index (χ4v) is 6.36. The van der Waals surface area contributed by atoms with E-state index in [2.05, 4.69) is 12.2 Å². The fraction of sp³-hybridized carbons (Fsp3) is 0.619. The Morgan fingerprint density at radius 1 is 1.24 bits per heavy atom. The first-order chi connectivity index (χ1) is 13.8. The molecule has 1 N–H and O–H groups in total. The fourth-order valence-electron chi connectivity index (χ4n) is 6.18. The molecule has 0 saturated heterocycles. The number of benzene rings is 1. The zero-order valence-electron chi connectivity index (χ0n) is 16.4. The quantitative estimate of drug-likeness (QED) is 0.424. The van der Waals surface area contributed by atoms with Crippen molar-refractivity contribution in [2.24, 2.45) is 23.2 Å². The molecule has 4 saturated carbocycles. The first kappa shape index (κ1) is 20.1. The van der Waals surface area contributed by atoms with E-state index in [4.69, 9.17) is 16.3 Å². The Morgan fingerprint density at radius 2 is 1.83 bits per heavy atom. The van der Waals surface area contributed by atoms with Crippen molar-refractivity contribution in [2.75, 3.05) is 6.61 Å². The molecule has 4 fully saturated rings. The van der Waals surface area contributed by atoms with Gasteiger partial charge in [0.2, 0.25) is 0 Å². The number of carbonyl (C=O) groups is 2. The first-order valence-corrected chi connectivity index (χ1v) is 10.5. The molecule has 0 aromatic heterocycles. The summed E-state index contributed by atoms with van der Waals surface area (Å²) in [6, 6.07) is 3.67. The van der Waals surface area contributed by atoms with E-state index in [1.807, 2.05) is 0 Å². The van der Waals surface area contributed by atoms with Crippen molar-refractivity contribution in [3.63, 3.8) is 0 Å². The van der Waals surface area contributed by atoms with Gasteiger partial charge in [0.25, 0.3) is 11.6 Å². The standard InChI is InChI=1S/C21H25ClN2O5/c1-12(21-8-13-4-14(9-21)6-15(5-13)10-21)23-19(25)11-29-20(26)17-7-16(22)2-3-18(17)24(27)28/h2-3,7,12-15H,4-6,8-11H2,1H3,(H,23,25)/t12-,13?,14?,15?,21?/m0/s1. The zero-order chi connectivity index (χ0) is 20.8. The van der Waals surface area contributed by atoms with Gasteiger partial charge >= 0.3 is 5.97 Å². The topological polar surface area (TPSA) is 98.5 Å². The summed E-state index contributed by atoms with van der Waals surface area (Å²) in [6.45, 7) is 1.58. The monoisotopic (exact) mass is 420 g/mol. The van der Waals surface area contributed by atoms with Gasteiger partial charge in [-0.15, -0.1) is 0 Å². The molecule has 1 aromatic rings. The van der Waals surface area contributed by atoms with Crippen LogP contribution in [-0.4, -0.2) is 29.4 Å². The Kier molecular flexibility index (Phi) is 5.27. The van der Waals surface area contributed by atoms with Gasteiger partial charge in [-0.1, -0.05) is 11.6 Å². The van der Waals surface area contributed by atoms with Crippen molar-refractivity contribution in [3.8, 4) is 0 Å². The van der Waals surface area contributed by atoms with E-state index in [9.17, 15) is 19.7 Å². The van der Waals surface area contributed by atoms with Crippen LogP contribution < -0.4 is 5.32 Å². The maximum absolute atomic E-state index is 12.4. The molecule has 1 aromatic carbocycles. The van der Waals surface area contributed by atoms with E-state index in [0.717, 1.165) is 43.1 Å². The van der Waals surface area contributed by atoms with Crippen LogP contribution in [0.2, 0.25) is 5.02 Å². The molecule has 8 heteroatoms. The molecule has 156 valence electrons. The molecule has 7 nitrogen and oxygen atoms in total. The third-order valence-electron chi connectivity index (χ3n) is 7.09. The van der Waals surface area contributed by atoms with Gasteiger partial charge in [0.1, 0.15) is 5.56 Å². The number of rotatable bonds is 6. The molecule has 1 amide bonds. The van der Waals surface area contributed by atoms with Gasteiger partial charge in [-0.25, -0.2) is 4.79 Å². The summed E-state index contributed by atoms with van der Waals surface area (Å²) in [5, 5.41) is 14.3. The number of nitrogens with one attached hydrogen (secondary N) is 1. The highest BCUT2D eigenvalue weighted by Crippen LogP contribution is 2.61. The van der Waals surface area contributed by atoms with Gasteiger partial charge < -0.3 is 10.1 Å². The SMILES string of the molecule is C[C@H](NC(=O)COC(=O)c1cc(Cl)ccc1[N+](=O)[O-])C12CC3CC(CC(C3)C1)C2. The Balaban J connectivity index is 1.35. The van der Waals surface area contributed by atoms with Gasteiger partial charge in [0.05, 0.1) is 4.92 Å². The Bertz CT molecular complexity index is 820. The van der Waals surface area contributed by atoms with E-state index in [1.165, 1.54) is 31.4 Å². The molecule has 4 bridgehead atoms. The predicted molar refractivity (Wildman–Crippen MR) is 107 cm³/mol. The average molecular weight is 421 g/mol. The van der Waals surface area contributed by atoms with Gasteiger partial charge in [-0.05, 0) is 80.8 Å². The number of ether oxygens (including phenoxy) is 1. The minimum Gasteiger partial charge on any atom is -0.452 e. The number of hydrogen-bond acceptors (Lipinski definition) is 5. The molecule has 4 aliphatic rings. The normalized spacial score (nSPS) is 30.6. The molecule has 29 heavy (non-hydrogen) atoms. The van der Waals surface area contributed by atoms with Crippen LogP contribution >= 0.6 is 11.6 Å². The highest BCUT2D eigenvalue weighted by molar-refractivity contribution is 6.31. The number of esters is 1. The maximum atomic E-state index is 12.4. The van der Waals surface area contributed by atoms with E-state index in [0.29, 0.717) is 0 Å². The largest absolute Gasteiger partial charge is 0.452 e. The zero-order valence-corrected chi connectivity index (χ0v) is 17.1. The third-order valence-corrected chi connectivity index (χ3v) is 7.33. The molecule has 0 aliphatic heterocycles. The minimum atomic E-state index is -0.934. The second kappa shape index (κ2) is 7.59. The molecule has 0 spiro atoms. The number of nitro groups is 1. The maximum Gasteiger partial charge on any atom is 0.345 e. The van der Waals surface area contributed by atoms with Gasteiger partial charge in [0.15, 0.2) is 6.61 Å². The number of nitrogens with zero attached hydrogens (tertiary/aromatic N) is 1. The minimum absolute atomic E-state index is 0.0163. The molecule has 0 radical (unpaired) electrons. The summed E-state index contributed by atoms with van der Waals surface area (Å²) in [5.74, 6) is 1.02. The number of hydrogen-bond donors (Lipinski definition) is 1. The van der Waals surface area contributed by atoms with Crippen LogP contribution in [-0.2, 0) is 9.53 Å². The molecular formula is C21H25ClN2O5. The molecule has 0 unspecified atom stereocenters. The lowest BCUT2D eigenvalue weighted by Gasteiger charge is -2.59. The molecule has 5 rings (SSSR count). The van der Waals surface area contributed by atoms with Crippen LogP contribution in [0.3, 0.4) is 0 Å². The summed E-state index contributed by atoms with van der Waals surface area (Å²) in [6.07, 6.45) is 7.47. The second-order valence-corrected chi connectivity index (χ2v) is 9.50. The highest BCUT2D eigenvalue weighted by Gasteiger charge is 2.53. The summed E-state index contributed by atoms with van der Waals surface area (Å²) < 4.78 is 5.04. The van der Waals surface area contributed by atoms with Crippen LogP contribution in [0.5, 0.6) is 0 Å². The number of halogens is 1. The molecule has 1 atom stereocenters. The Hall–Kier alpha value is -2.15. The van der Waals surface area contributed by atoms with Gasteiger partial charge in [0, 0.05) is 17.1 Å². The van der Waals surface area contributed by atoms with Crippen molar-refractivity contribution < 1.29 is 19.2 Å². The second-order valence-electron chi connectivity index (χ2n) is 9.06. The van der Waals surface area contributed by atoms with Crippen molar-refractivity contribution >= 4 is 29.2 Å². The van der Waals surface area contributed by atoms with Crippen molar-refractivity contribution in [1.82, 2.24) is 5.32 Å². The van der Waals surface area contributed by atoms with E-state index in [1.54, 1.807) is 0 Å². The number of amides is 1. The van der Waals surface area contributed by atoms with Crippen LogP contribution in [0.25, 0.3) is 0 Å². The molecule has 4 aliphatic carbocycles. The van der Waals surface area contributed by atoms with Gasteiger partial charge in [-0.3, -0.25) is 14.9 Å². The number of nitro benzene ring substituents is 1. The summed E-state index contributed by atoms with van der Waals surface area (Å²) in [4.78, 5) is 35.1. The summed E-state index contributed by atoms with van der Waals surface area (Å²) in [5.41, 5.74) is -0.508. The van der Waals surface area contributed by atoms with Crippen molar-refractivity contribution in [2.45, 2.75) is 51.5 Å². The predicted octanol–water partition coefficient (Wildman–Crippen LogP) is 4.13. The van der Waals surface area contributed by atoms with E-state index >= 15 is 0 Å². The van der Waals surface area contributed by atoms with E-state index < -0.39 is 23.2 Å². The highest BCUT2D eigenvalue weighted by atomic mass is 35.5. The number of carbonyl (C=O) groups excluding carboxylic acids is 2. The summed E-state index contributed by atoms with van der Waals surface area (Å²) >= 11 is 5.84.